The van der Waals surface area contributed by atoms with Gasteiger partial charge in [-0.25, -0.2) is 32.0 Å². The minimum atomic E-state index is -5.45. The normalized spacial score (nSPS) is 18.6. The van der Waals surface area contributed by atoms with Crippen molar-refractivity contribution in [2.24, 2.45) is 21.7 Å². The van der Waals surface area contributed by atoms with Crippen LogP contribution in [0.3, 0.4) is 0 Å². The number of aliphatic hydroxyl groups excluding tert-OH is 1. The van der Waals surface area contributed by atoms with Gasteiger partial charge >= 0.3 is 54.8 Å². The molecular weight excluding hydrogens is 1460 g/mol. The van der Waals surface area contributed by atoms with Crippen molar-refractivity contribution in [2.45, 2.75) is 255 Å². The van der Waals surface area contributed by atoms with Crippen LogP contribution in [0.15, 0.2) is 0 Å². The highest BCUT2D eigenvalue weighted by atomic mass is 31.2. The van der Waals surface area contributed by atoms with Gasteiger partial charge < -0.3 is 53.6 Å². The zero-order valence-electron chi connectivity index (χ0n) is 61.9. The van der Waals surface area contributed by atoms with Crippen molar-refractivity contribution in [2.75, 3.05) is 119 Å². The predicted molar refractivity (Wildman–Crippen MR) is 377 cm³/mol. The molecule has 100 heavy (non-hydrogen) atoms. The van der Waals surface area contributed by atoms with Gasteiger partial charge in [0, 0.05) is 12.0 Å². The summed E-state index contributed by atoms with van der Waals surface area (Å²) >= 11 is 0. The van der Waals surface area contributed by atoms with Gasteiger partial charge in [-0.05, 0) is 113 Å². The summed E-state index contributed by atoms with van der Waals surface area (Å²) in [7, 11) is -35.2. The lowest BCUT2D eigenvalue weighted by atomic mass is 9.76. The topological polar surface area (TPSA) is 438 Å². The molecule has 602 valence electrons. The van der Waals surface area contributed by atoms with Crippen LogP contribution in [0.5, 0.6) is 0 Å². The van der Waals surface area contributed by atoms with Crippen LogP contribution in [0.2, 0.25) is 0 Å². The average Bonchev–Trinajstić information content (AvgIpc) is 0.840. The molecule has 0 saturated heterocycles. The lowest BCUT2D eigenvalue weighted by molar-refractivity contribution is -0.0472. The Bertz CT molecular complexity index is 2400. The molecule has 0 bridgehead atoms. The first kappa shape index (κ1) is 101. The monoisotopic (exact) mass is 1590 g/mol. The van der Waals surface area contributed by atoms with Crippen molar-refractivity contribution in [3.8, 4) is 0 Å². The SMILES string of the molecule is CCCCOP(=O)(O)OCC(COCC(CCC)(CCC)CCC)OP(=O)(O)OCC(C)(COP(=O)(O)OCCCCCO)COP(=O)(O)OC(COCC(CCC)(CCC)CCC)COP(=O)(O)OCCCOP(=O)(O)OC(COCC(CCC)(CCC)CCC)COP(=O)(O)OCC. The van der Waals surface area contributed by atoms with E-state index >= 15 is 0 Å². The van der Waals surface area contributed by atoms with Gasteiger partial charge in [0.1, 0.15) is 18.3 Å². The van der Waals surface area contributed by atoms with Gasteiger partial charge in [0.2, 0.25) is 0 Å². The number of hydrogen-bond acceptors (Lipinski definition) is 25. The highest BCUT2D eigenvalue weighted by Crippen LogP contribution is 2.54. The van der Waals surface area contributed by atoms with E-state index in [0.29, 0.717) is 25.7 Å². The van der Waals surface area contributed by atoms with E-state index in [1.165, 1.54) is 13.8 Å². The summed E-state index contributed by atoms with van der Waals surface area (Å²) in [5, 5.41) is 9.17. The molecular formula is C61H131O32P7. The minimum absolute atomic E-state index is 0.127. The number of phosphoric ester groups is 7. The Labute approximate surface area is 597 Å². The van der Waals surface area contributed by atoms with Gasteiger partial charge in [0.05, 0.1) is 112 Å². The fourth-order valence-electron chi connectivity index (χ4n) is 11.7. The summed E-state index contributed by atoms with van der Waals surface area (Å²) in [5.74, 6) is 0. The number of unbranched alkanes of at least 4 members (excludes halogenated alkanes) is 3. The van der Waals surface area contributed by atoms with E-state index in [4.69, 9.17) is 77.5 Å². The lowest BCUT2D eigenvalue weighted by Crippen LogP contribution is -2.35. The van der Waals surface area contributed by atoms with Crippen LogP contribution < -0.4 is 0 Å². The standard InChI is InChI=1S/C61H131O32P7/c1-13-24-39-81-95(65,66)86-47-56(44-78-53-60(32-17-5,33-18-6)34-19-7)92-99(73,74)89-50-58(12,49-88-97(69,70)82-40-27-25-26-38-62)51-90-100(75,76)93-57(45-79-54-61(35-20-8,36-21-9)37-22-10)48-87-96(67,68)83-41-28-42-84-98(71,72)91-55(46-85-94(63,64)80-23-11)43-77-52-59(29-14-2,30-15-3)31-16-4/h55-57,62H,13-54H2,1-12H3,(H,63,64)(H,65,66)(H,67,68)(H,69,70)(H,71,72)(H,73,74)(H,75,76). The number of rotatable bonds is 72. The summed E-state index contributed by atoms with van der Waals surface area (Å²) in [6, 6.07) is 0. The summed E-state index contributed by atoms with van der Waals surface area (Å²) in [6.07, 6.45) is 12.0. The van der Waals surface area contributed by atoms with Crippen LogP contribution in [0, 0.1) is 21.7 Å². The van der Waals surface area contributed by atoms with Crippen LogP contribution in [0.25, 0.3) is 0 Å². The second-order valence-corrected chi connectivity index (χ2v) is 36.1. The molecule has 0 aliphatic rings. The molecule has 0 aromatic heterocycles. The third-order valence-corrected chi connectivity index (χ3v) is 23.0. The Morgan fingerprint density at radius 3 is 0.830 bits per heavy atom. The molecule has 0 amide bonds. The van der Waals surface area contributed by atoms with Gasteiger partial charge in [0.25, 0.3) is 0 Å². The molecule has 0 aliphatic carbocycles. The van der Waals surface area contributed by atoms with Gasteiger partial charge in [-0.2, -0.15) is 0 Å². The van der Waals surface area contributed by atoms with Gasteiger partial charge in [-0.1, -0.05) is 140 Å². The fraction of sp³-hybridized carbons (Fsp3) is 1.00. The molecule has 11 unspecified atom stereocenters. The van der Waals surface area contributed by atoms with E-state index in [0.717, 1.165) is 116 Å². The Kier molecular flexibility index (Phi) is 53.8. The maximum absolute atomic E-state index is 14.1. The van der Waals surface area contributed by atoms with Gasteiger partial charge in [-0.3, -0.25) is 63.3 Å². The van der Waals surface area contributed by atoms with Crippen LogP contribution in [-0.2, 0) is 109 Å². The minimum Gasteiger partial charge on any atom is -0.396 e. The zero-order chi connectivity index (χ0) is 76.0. The van der Waals surface area contributed by atoms with Crippen molar-refractivity contribution in [1.29, 1.82) is 0 Å². The number of ether oxygens (including phenoxy) is 3. The van der Waals surface area contributed by atoms with E-state index < -0.39 is 145 Å². The third-order valence-electron chi connectivity index (χ3n) is 15.9. The van der Waals surface area contributed by atoms with Crippen LogP contribution in [0.4, 0.5) is 0 Å². The summed E-state index contributed by atoms with van der Waals surface area (Å²) < 4.78 is 185. The maximum atomic E-state index is 14.1. The number of aliphatic hydroxyl groups is 1. The Hall–Kier alpha value is 0.610. The van der Waals surface area contributed by atoms with E-state index in [2.05, 4.69) is 20.8 Å². The van der Waals surface area contributed by atoms with Crippen molar-refractivity contribution in [1.82, 2.24) is 0 Å². The molecule has 0 aromatic carbocycles. The van der Waals surface area contributed by atoms with Crippen molar-refractivity contribution in [3.63, 3.8) is 0 Å². The molecule has 8 N–H and O–H groups in total. The van der Waals surface area contributed by atoms with Crippen LogP contribution >= 0.6 is 54.8 Å². The Morgan fingerprint density at radius 2 is 0.540 bits per heavy atom. The molecule has 0 saturated carbocycles. The molecule has 0 rings (SSSR count). The molecule has 0 aromatic rings. The number of hydrogen-bond donors (Lipinski definition) is 8. The van der Waals surface area contributed by atoms with Gasteiger partial charge in [0.15, 0.2) is 0 Å². The summed E-state index contributed by atoms with van der Waals surface area (Å²) in [4.78, 5) is 75.6. The van der Waals surface area contributed by atoms with Crippen molar-refractivity contribution >= 4 is 54.8 Å². The highest BCUT2D eigenvalue weighted by molar-refractivity contribution is 7.49. The predicted octanol–water partition coefficient (Wildman–Crippen LogP) is 15.6. The molecule has 0 radical (unpaired) electrons. The van der Waals surface area contributed by atoms with E-state index in [1.54, 1.807) is 0 Å². The first-order chi connectivity index (χ1) is 46.9. The molecule has 32 nitrogen and oxygen atoms in total. The molecule has 11 atom stereocenters. The van der Waals surface area contributed by atoms with E-state index in [9.17, 15) is 71.3 Å². The quantitative estimate of drug-likeness (QED) is 0.0207. The first-order valence-electron chi connectivity index (χ1n) is 35.7. The summed E-state index contributed by atoms with van der Waals surface area (Å²) in [6.45, 7) is 14.7. The van der Waals surface area contributed by atoms with Crippen molar-refractivity contribution < 1.29 is 149 Å². The van der Waals surface area contributed by atoms with Crippen LogP contribution in [0.1, 0.15) is 237 Å². The average molecular weight is 1590 g/mol. The molecule has 39 heteroatoms. The molecule has 0 spiro atoms. The molecule has 0 aliphatic heterocycles. The summed E-state index contributed by atoms with van der Waals surface area (Å²) in [5.41, 5.74) is -2.74. The first-order valence-corrected chi connectivity index (χ1v) is 46.2. The third kappa shape index (κ3) is 48.2. The largest absolute Gasteiger partial charge is 0.472 e. The lowest BCUT2D eigenvalue weighted by Gasteiger charge is -2.34. The maximum Gasteiger partial charge on any atom is 0.472 e. The zero-order valence-corrected chi connectivity index (χ0v) is 68.2. The van der Waals surface area contributed by atoms with E-state index in [1.807, 2.05) is 48.5 Å². The number of phosphoric acid groups is 7. The second kappa shape index (κ2) is 53.5. The molecule has 0 fully saturated rings. The highest BCUT2D eigenvalue weighted by Gasteiger charge is 2.41. The fourth-order valence-corrected chi connectivity index (χ4v) is 18.0. The smallest absolute Gasteiger partial charge is 0.396 e. The Morgan fingerprint density at radius 1 is 0.280 bits per heavy atom. The van der Waals surface area contributed by atoms with Crippen molar-refractivity contribution in [3.05, 3.63) is 0 Å². The Balaban J connectivity index is 6.91. The second-order valence-electron chi connectivity index (χ2n) is 26.0. The van der Waals surface area contributed by atoms with E-state index in [-0.39, 0.29) is 81.9 Å². The van der Waals surface area contributed by atoms with Gasteiger partial charge in [-0.15, -0.1) is 0 Å². The molecule has 0 heterocycles. The van der Waals surface area contributed by atoms with Crippen LogP contribution in [-0.4, -0.2) is 177 Å².